The summed E-state index contributed by atoms with van der Waals surface area (Å²) in [6.45, 7) is 9.30. The van der Waals surface area contributed by atoms with E-state index in [1.807, 2.05) is 13.0 Å². The van der Waals surface area contributed by atoms with Crippen LogP contribution in [0.1, 0.15) is 39.5 Å². The first-order valence-corrected chi connectivity index (χ1v) is 9.36. The van der Waals surface area contributed by atoms with Gasteiger partial charge < -0.3 is 10.0 Å². The highest BCUT2D eigenvalue weighted by Gasteiger charge is 2.19. The molecule has 0 amide bonds. The summed E-state index contributed by atoms with van der Waals surface area (Å²) < 4.78 is 0. The van der Waals surface area contributed by atoms with Crippen molar-refractivity contribution in [3.8, 4) is 0 Å². The Morgan fingerprint density at radius 3 is 2.68 bits per heavy atom. The van der Waals surface area contributed by atoms with Gasteiger partial charge in [-0.25, -0.2) is 19.7 Å². The van der Waals surface area contributed by atoms with E-state index in [2.05, 4.69) is 31.7 Å². The van der Waals surface area contributed by atoms with Gasteiger partial charge in [0.1, 0.15) is 16.5 Å². The van der Waals surface area contributed by atoms with Crippen LogP contribution in [0.2, 0.25) is 0 Å². The highest BCUT2D eigenvalue weighted by Crippen LogP contribution is 2.20. The van der Waals surface area contributed by atoms with Crippen LogP contribution in [0.15, 0.2) is 12.3 Å². The molecule has 0 unspecified atom stereocenters. The lowest BCUT2D eigenvalue weighted by Crippen LogP contribution is -2.46. The molecule has 2 aromatic heterocycles. The molecule has 0 atom stereocenters. The van der Waals surface area contributed by atoms with Gasteiger partial charge in [-0.15, -0.1) is 11.3 Å². The van der Waals surface area contributed by atoms with Crippen molar-refractivity contribution in [1.29, 1.82) is 0 Å². The van der Waals surface area contributed by atoms with Crippen molar-refractivity contribution < 1.29 is 9.90 Å². The van der Waals surface area contributed by atoms with Crippen molar-refractivity contribution >= 4 is 23.1 Å². The molecule has 1 saturated heterocycles. The smallest absolute Gasteiger partial charge is 0.347 e. The Hall–Kier alpha value is -2.06. The fraction of sp³-hybridized carbons (Fsp3) is 0.529. The molecule has 25 heavy (non-hydrogen) atoms. The van der Waals surface area contributed by atoms with Crippen molar-refractivity contribution in [2.45, 2.75) is 26.7 Å². The highest BCUT2D eigenvalue weighted by atomic mass is 32.1. The number of aromatic carboxylic acids is 1. The number of carbonyl (C=O) groups is 1. The Morgan fingerprint density at radius 1 is 1.28 bits per heavy atom. The predicted octanol–water partition coefficient (Wildman–Crippen LogP) is 2.06. The Morgan fingerprint density at radius 2 is 2.04 bits per heavy atom. The lowest BCUT2D eigenvalue weighted by atomic mass is 10.2. The summed E-state index contributed by atoms with van der Waals surface area (Å²) in [6, 6.07) is 2.00. The molecule has 1 aliphatic rings. The van der Waals surface area contributed by atoms with Crippen LogP contribution < -0.4 is 4.90 Å². The fourth-order valence-corrected chi connectivity index (χ4v) is 3.80. The average Bonchev–Trinajstić information content (AvgIpc) is 3.04. The van der Waals surface area contributed by atoms with Crippen molar-refractivity contribution in [2.24, 2.45) is 0 Å². The minimum Gasteiger partial charge on any atom is -0.477 e. The number of anilines is 1. The van der Waals surface area contributed by atoms with Crippen LogP contribution >= 0.6 is 11.3 Å². The molecule has 7 nitrogen and oxygen atoms in total. The Balaban J connectivity index is 1.71. The molecule has 0 radical (unpaired) electrons. The van der Waals surface area contributed by atoms with Gasteiger partial charge in [0.25, 0.3) is 0 Å². The van der Waals surface area contributed by atoms with E-state index in [9.17, 15) is 4.79 Å². The molecule has 1 N–H and O–H groups in total. The first-order valence-electron chi connectivity index (χ1n) is 8.55. The third-order valence-electron chi connectivity index (χ3n) is 4.21. The number of carboxylic acids is 1. The second-order valence-electron chi connectivity index (χ2n) is 6.19. The zero-order valence-corrected chi connectivity index (χ0v) is 15.4. The van der Waals surface area contributed by atoms with E-state index in [1.165, 1.54) is 24.0 Å². The van der Waals surface area contributed by atoms with E-state index >= 15 is 0 Å². The largest absolute Gasteiger partial charge is 0.477 e. The maximum Gasteiger partial charge on any atom is 0.347 e. The molecule has 0 aliphatic carbocycles. The number of nitrogens with zero attached hydrogens (tertiary/aromatic N) is 5. The zero-order valence-electron chi connectivity index (χ0n) is 14.6. The third-order valence-corrected chi connectivity index (χ3v) is 5.20. The van der Waals surface area contributed by atoms with Gasteiger partial charge >= 0.3 is 5.97 Å². The average molecular weight is 361 g/mol. The summed E-state index contributed by atoms with van der Waals surface area (Å²) in [4.78, 5) is 29.3. The van der Waals surface area contributed by atoms with Gasteiger partial charge in [-0.2, -0.15) is 0 Å². The van der Waals surface area contributed by atoms with Gasteiger partial charge in [0.05, 0.1) is 16.9 Å². The lowest BCUT2D eigenvalue weighted by molar-refractivity contribution is 0.0702. The molecule has 2 aromatic rings. The van der Waals surface area contributed by atoms with E-state index < -0.39 is 5.97 Å². The molecule has 1 aliphatic heterocycles. The maximum absolute atomic E-state index is 11.0. The number of aromatic nitrogens is 3. The van der Waals surface area contributed by atoms with Crippen LogP contribution in [0.25, 0.3) is 0 Å². The number of hydrogen-bond donors (Lipinski definition) is 1. The molecule has 1 fully saturated rings. The Kier molecular flexibility index (Phi) is 5.60. The minimum absolute atomic E-state index is 0.257. The lowest BCUT2D eigenvalue weighted by Gasteiger charge is -2.35. The van der Waals surface area contributed by atoms with Crippen LogP contribution in [0.5, 0.6) is 0 Å². The normalized spacial score (nSPS) is 15.5. The van der Waals surface area contributed by atoms with E-state index in [-0.39, 0.29) is 4.88 Å². The molecule has 0 bridgehead atoms. The molecular weight excluding hydrogens is 338 g/mol. The van der Waals surface area contributed by atoms with Crippen molar-refractivity contribution in [1.82, 2.24) is 19.9 Å². The molecule has 0 aromatic carbocycles. The van der Waals surface area contributed by atoms with Crippen LogP contribution in [0.4, 0.5) is 5.82 Å². The molecule has 134 valence electrons. The predicted molar refractivity (Wildman–Crippen MR) is 97.6 cm³/mol. The van der Waals surface area contributed by atoms with Gasteiger partial charge in [-0.3, -0.25) is 4.90 Å². The van der Waals surface area contributed by atoms with Crippen LogP contribution in [0, 0.1) is 6.92 Å². The molecule has 3 heterocycles. The minimum atomic E-state index is -0.937. The van der Waals surface area contributed by atoms with Gasteiger partial charge in [-0.05, 0) is 19.9 Å². The van der Waals surface area contributed by atoms with Crippen LogP contribution in [-0.2, 0) is 6.42 Å². The number of rotatable bonds is 6. The summed E-state index contributed by atoms with van der Waals surface area (Å²) in [7, 11) is 0. The van der Waals surface area contributed by atoms with Crippen LogP contribution in [-0.4, -0.2) is 63.7 Å². The molecule has 0 saturated carbocycles. The van der Waals surface area contributed by atoms with Gasteiger partial charge in [0, 0.05) is 38.7 Å². The Bertz CT molecular complexity index is 740. The standard InChI is InChI=1S/C17H23N5O2S/c1-3-4-21-5-7-22(8-6-21)15-9-13(19-12(2)20-15)10-16-18-11-14(25-16)17(23)24/h9,11H,3-8,10H2,1-2H3,(H,23,24). The van der Waals surface area contributed by atoms with E-state index in [4.69, 9.17) is 5.11 Å². The second-order valence-corrected chi connectivity index (χ2v) is 7.31. The summed E-state index contributed by atoms with van der Waals surface area (Å²) in [5.41, 5.74) is 0.879. The Labute approximate surface area is 151 Å². The third kappa shape index (κ3) is 4.52. The topological polar surface area (TPSA) is 82.5 Å². The second kappa shape index (κ2) is 7.88. The van der Waals surface area contributed by atoms with Gasteiger partial charge in [-0.1, -0.05) is 6.92 Å². The maximum atomic E-state index is 11.0. The van der Waals surface area contributed by atoms with Crippen molar-refractivity contribution in [3.63, 3.8) is 0 Å². The van der Waals surface area contributed by atoms with Gasteiger partial charge in [0.15, 0.2) is 0 Å². The van der Waals surface area contributed by atoms with Crippen molar-refractivity contribution in [3.05, 3.63) is 33.7 Å². The summed E-state index contributed by atoms with van der Waals surface area (Å²) in [5.74, 6) is 0.750. The number of carboxylic acid groups (broad SMARTS) is 1. The quantitative estimate of drug-likeness (QED) is 0.843. The summed E-state index contributed by atoms with van der Waals surface area (Å²) in [6.07, 6.45) is 3.12. The molecular formula is C17H23N5O2S. The number of thiazole rings is 1. The fourth-order valence-electron chi connectivity index (χ4n) is 3.03. The van der Waals surface area contributed by atoms with Gasteiger partial charge in [0.2, 0.25) is 0 Å². The SMILES string of the molecule is CCCN1CCN(c2cc(Cc3ncc(C(=O)O)s3)nc(C)n2)CC1. The zero-order chi connectivity index (χ0) is 17.8. The van der Waals surface area contributed by atoms with E-state index in [1.54, 1.807) is 0 Å². The van der Waals surface area contributed by atoms with Crippen molar-refractivity contribution in [2.75, 3.05) is 37.6 Å². The molecule has 3 rings (SSSR count). The highest BCUT2D eigenvalue weighted by molar-refractivity contribution is 7.13. The first-order chi connectivity index (χ1) is 12.0. The number of aryl methyl sites for hydroxylation is 1. The van der Waals surface area contributed by atoms with Crippen LogP contribution in [0.3, 0.4) is 0 Å². The number of piperazine rings is 1. The van der Waals surface area contributed by atoms with E-state index in [0.29, 0.717) is 6.42 Å². The molecule has 8 heteroatoms. The molecule has 0 spiro atoms. The number of hydrogen-bond acceptors (Lipinski definition) is 7. The summed E-state index contributed by atoms with van der Waals surface area (Å²) >= 11 is 1.20. The van der Waals surface area contributed by atoms with E-state index in [0.717, 1.165) is 55.1 Å². The first kappa shape index (κ1) is 17.8. The summed E-state index contributed by atoms with van der Waals surface area (Å²) in [5, 5.41) is 9.77. The monoisotopic (exact) mass is 361 g/mol.